The van der Waals surface area contributed by atoms with E-state index in [4.69, 9.17) is 4.98 Å². The van der Waals surface area contributed by atoms with Crippen molar-refractivity contribution in [2.75, 3.05) is 21.7 Å². The molecule has 1 aliphatic carbocycles. The van der Waals surface area contributed by atoms with Gasteiger partial charge in [-0.3, -0.25) is 4.98 Å². The molecule has 0 aliphatic heterocycles. The Hall–Kier alpha value is -7.21. The molecule has 2 aromatic heterocycles. The lowest BCUT2D eigenvalue weighted by Crippen LogP contribution is -2.47. The van der Waals surface area contributed by atoms with Crippen molar-refractivity contribution < 1.29 is 0 Å². The maximum atomic E-state index is 4.75. The predicted octanol–water partition coefficient (Wildman–Crippen LogP) is 14.1. The van der Waals surface area contributed by atoms with E-state index in [9.17, 15) is 0 Å². The minimum Gasteiger partial charge on any atom is -0.344 e. The summed E-state index contributed by atoms with van der Waals surface area (Å²) < 4.78 is 1.26. The van der Waals surface area contributed by atoms with Gasteiger partial charge in [0, 0.05) is 62.1 Å². The van der Waals surface area contributed by atoms with Gasteiger partial charge in [-0.2, -0.15) is 0 Å². The Morgan fingerprint density at radius 2 is 0.932 bits per heavy atom. The highest BCUT2D eigenvalue weighted by Crippen LogP contribution is 2.57. The summed E-state index contributed by atoms with van der Waals surface area (Å²) in [5, 5.41) is 1.25. The molecule has 284 valence electrons. The summed E-state index contributed by atoms with van der Waals surface area (Å²) in [5.74, 6) is 0. The molecule has 0 radical (unpaired) electrons. The summed E-state index contributed by atoms with van der Waals surface area (Å²) >= 11 is 1.91. The number of nitrogens with zero attached hydrogens (tertiary/aromatic N) is 4. The molecule has 10 rings (SSSR count). The maximum absolute atomic E-state index is 4.75. The molecule has 0 N–H and O–H groups in total. The van der Waals surface area contributed by atoms with E-state index >= 15 is 0 Å². The summed E-state index contributed by atoms with van der Waals surface area (Å²) in [6.45, 7) is 0. The molecule has 59 heavy (non-hydrogen) atoms. The number of fused-ring (bicyclic) bond motifs is 3. The second-order valence-electron chi connectivity index (χ2n) is 14.8. The van der Waals surface area contributed by atoms with Crippen molar-refractivity contribution in [3.8, 4) is 11.1 Å². The minimum atomic E-state index is -0.264. The van der Waals surface area contributed by atoms with Crippen LogP contribution in [-0.4, -0.2) is 18.1 Å². The fraction of sp³-hybridized carbons (Fsp3) is 0.0556. The van der Waals surface area contributed by atoms with E-state index in [1.54, 1.807) is 0 Å². The molecule has 0 amide bonds. The van der Waals surface area contributed by atoms with Gasteiger partial charge in [-0.1, -0.05) is 146 Å². The number of rotatable bonds is 10. The average molecular weight is 779 g/mol. The Kier molecular flexibility index (Phi) is 9.79. The molecule has 2 atom stereocenters. The van der Waals surface area contributed by atoms with Crippen LogP contribution < -0.4 is 14.7 Å². The van der Waals surface area contributed by atoms with Crippen LogP contribution in [0.25, 0.3) is 32.5 Å². The summed E-state index contributed by atoms with van der Waals surface area (Å²) in [7, 11) is 2.25. The minimum absolute atomic E-state index is 0.198. The van der Waals surface area contributed by atoms with Crippen molar-refractivity contribution in [1.82, 2.24) is 4.98 Å². The molecule has 1 aliphatic rings. The largest absolute Gasteiger partial charge is 0.344 e. The zero-order valence-corrected chi connectivity index (χ0v) is 33.5. The van der Waals surface area contributed by atoms with E-state index in [1.165, 1.54) is 42.9 Å². The highest BCUT2D eigenvalue weighted by molar-refractivity contribution is 7.19. The van der Waals surface area contributed by atoms with Crippen molar-refractivity contribution in [2.45, 2.75) is 12.1 Å². The Bertz CT molecular complexity index is 2760. The Balaban J connectivity index is 1.36. The second-order valence-corrected chi connectivity index (χ2v) is 15.9. The zero-order chi connectivity index (χ0) is 39.5. The topological polar surface area (TPSA) is 22.6 Å². The first kappa shape index (κ1) is 36.2. The number of aromatic nitrogens is 1. The normalized spacial score (nSPS) is 14.8. The van der Waals surface area contributed by atoms with Crippen molar-refractivity contribution in [1.29, 1.82) is 0 Å². The number of hydrogen-bond acceptors (Lipinski definition) is 5. The number of anilines is 5. The van der Waals surface area contributed by atoms with Crippen molar-refractivity contribution in [3.05, 3.63) is 241 Å². The lowest BCUT2D eigenvalue weighted by molar-refractivity contribution is 0.617. The van der Waals surface area contributed by atoms with Crippen molar-refractivity contribution >= 4 is 61.1 Å². The van der Waals surface area contributed by atoms with Gasteiger partial charge in [-0.15, -0.1) is 11.3 Å². The summed E-state index contributed by atoms with van der Waals surface area (Å²) in [6, 6.07) is 76.1. The Morgan fingerprint density at radius 1 is 0.441 bits per heavy atom. The molecule has 4 nitrogen and oxygen atoms in total. The lowest BCUT2D eigenvalue weighted by Gasteiger charge is -2.49. The standard InChI is InChI=1S/C54H42N4S/c1-56(45-32-19-25-41(37-45)39-21-7-2-8-22-39)51-49(40-23-9-3-10-24-40)52(58(44-30-15-6-16-31-44)46-33-20-36-55-38-46)53(54-50(51)47-34-17-18-35-48(47)59-54)57(42-26-11-4-12-27-42)43-28-13-5-14-29-43/h2-38,52-53H,1H3. The summed E-state index contributed by atoms with van der Waals surface area (Å²) in [6.07, 6.45) is 3.87. The van der Waals surface area contributed by atoms with Crippen LogP contribution in [0.15, 0.2) is 225 Å². The van der Waals surface area contributed by atoms with Gasteiger partial charge in [-0.25, -0.2) is 0 Å². The predicted molar refractivity (Wildman–Crippen MR) is 250 cm³/mol. The fourth-order valence-corrected chi connectivity index (χ4v) is 10.1. The Morgan fingerprint density at radius 3 is 1.53 bits per heavy atom. The van der Waals surface area contributed by atoms with Crippen LogP contribution in [0.4, 0.5) is 28.4 Å². The van der Waals surface area contributed by atoms with Gasteiger partial charge in [0.1, 0.15) is 0 Å². The summed E-state index contributed by atoms with van der Waals surface area (Å²) in [4.78, 5) is 13.6. The van der Waals surface area contributed by atoms with E-state index < -0.39 is 0 Å². The van der Waals surface area contributed by atoms with Crippen molar-refractivity contribution in [3.63, 3.8) is 0 Å². The molecular weight excluding hydrogens is 737 g/mol. The first-order valence-electron chi connectivity index (χ1n) is 20.1. The number of benzene rings is 7. The monoisotopic (exact) mass is 778 g/mol. The van der Waals surface area contributed by atoms with E-state index in [0.717, 1.165) is 34.0 Å². The quantitative estimate of drug-likeness (QED) is 0.138. The van der Waals surface area contributed by atoms with E-state index in [-0.39, 0.29) is 12.1 Å². The Labute approximate surface area is 350 Å². The third-order valence-corrected chi connectivity index (χ3v) is 12.6. The van der Waals surface area contributed by atoms with Crippen LogP contribution in [0.1, 0.15) is 22.0 Å². The van der Waals surface area contributed by atoms with Gasteiger partial charge in [0.2, 0.25) is 0 Å². The van der Waals surface area contributed by atoms with Crippen LogP contribution >= 0.6 is 11.3 Å². The first-order chi connectivity index (χ1) is 29.2. The number of para-hydroxylation sites is 3. The van der Waals surface area contributed by atoms with E-state index in [2.05, 4.69) is 228 Å². The van der Waals surface area contributed by atoms with Gasteiger partial charge in [-0.05, 0) is 83.4 Å². The van der Waals surface area contributed by atoms with Gasteiger partial charge in [0.05, 0.1) is 29.7 Å². The number of pyridine rings is 1. The highest BCUT2D eigenvalue weighted by Gasteiger charge is 2.47. The van der Waals surface area contributed by atoms with Crippen LogP contribution in [0.2, 0.25) is 0 Å². The highest BCUT2D eigenvalue weighted by atomic mass is 32.1. The van der Waals surface area contributed by atoms with Crippen LogP contribution in [0.5, 0.6) is 0 Å². The van der Waals surface area contributed by atoms with E-state index in [1.807, 2.05) is 29.8 Å². The SMILES string of the molecule is CN(C1=C(c2ccccc2)C(N(c2ccccc2)c2cccnc2)C(N(c2ccccc2)c2ccccc2)c2sc3ccccc3c21)c1cccc(-c2ccccc2)c1. The molecule has 0 saturated heterocycles. The van der Waals surface area contributed by atoms with Crippen LogP contribution in [-0.2, 0) is 0 Å². The third-order valence-electron chi connectivity index (χ3n) is 11.3. The third kappa shape index (κ3) is 6.75. The average Bonchev–Trinajstić information content (AvgIpc) is 3.70. The molecular formula is C54H42N4S. The number of thiophene rings is 1. The fourth-order valence-electron chi connectivity index (χ4n) is 8.75. The smallest absolute Gasteiger partial charge is 0.0940 e. The van der Waals surface area contributed by atoms with Gasteiger partial charge < -0.3 is 14.7 Å². The summed E-state index contributed by atoms with van der Waals surface area (Å²) in [5.41, 5.74) is 12.7. The molecule has 9 aromatic rings. The zero-order valence-electron chi connectivity index (χ0n) is 32.7. The molecule has 7 aromatic carbocycles. The molecule has 0 fully saturated rings. The molecule has 0 spiro atoms. The molecule has 5 heteroatoms. The number of hydrogen-bond donors (Lipinski definition) is 0. The van der Waals surface area contributed by atoms with Crippen LogP contribution in [0, 0.1) is 0 Å². The second kappa shape index (κ2) is 16.0. The lowest BCUT2D eigenvalue weighted by atomic mass is 9.79. The molecule has 0 saturated carbocycles. The van der Waals surface area contributed by atoms with Crippen molar-refractivity contribution in [2.24, 2.45) is 0 Å². The molecule has 0 bridgehead atoms. The van der Waals surface area contributed by atoms with Crippen LogP contribution in [0.3, 0.4) is 0 Å². The molecule has 2 heterocycles. The van der Waals surface area contributed by atoms with Gasteiger partial charge in [0.15, 0.2) is 0 Å². The molecule has 2 unspecified atom stereocenters. The van der Waals surface area contributed by atoms with Gasteiger partial charge in [0.25, 0.3) is 0 Å². The maximum Gasteiger partial charge on any atom is 0.0940 e. The van der Waals surface area contributed by atoms with Gasteiger partial charge >= 0.3 is 0 Å². The first-order valence-corrected chi connectivity index (χ1v) is 20.9. The van der Waals surface area contributed by atoms with E-state index in [0.29, 0.717) is 0 Å².